The second-order valence-electron chi connectivity index (χ2n) is 7.04. The predicted octanol–water partition coefficient (Wildman–Crippen LogP) is 4.87. The lowest BCUT2D eigenvalue weighted by atomic mass is 10.2. The number of fused-ring (bicyclic) bond motifs is 1. The van der Waals surface area contributed by atoms with Gasteiger partial charge in [0.2, 0.25) is 0 Å². The van der Waals surface area contributed by atoms with E-state index in [4.69, 9.17) is 14.5 Å². The van der Waals surface area contributed by atoms with Crippen LogP contribution < -0.4 is 15.0 Å². The van der Waals surface area contributed by atoms with Gasteiger partial charge in [0.15, 0.2) is 17.3 Å². The maximum absolute atomic E-state index is 13.3. The van der Waals surface area contributed by atoms with Crippen LogP contribution in [0.4, 0.5) is 0 Å². The lowest BCUT2D eigenvalue weighted by Gasteiger charge is -2.13. The van der Waals surface area contributed by atoms with E-state index in [2.05, 4.69) is 27.7 Å². The van der Waals surface area contributed by atoms with E-state index in [-0.39, 0.29) is 5.56 Å². The van der Waals surface area contributed by atoms with Crippen molar-refractivity contribution in [3.05, 3.63) is 86.2 Å². The zero-order valence-electron chi connectivity index (χ0n) is 18.0. The second-order valence-corrected chi connectivity index (χ2v) is 8.20. The number of carbonyl (C=O) groups is 1. The summed E-state index contributed by atoms with van der Waals surface area (Å²) in [5.74, 6) is 0.785. The molecule has 0 radical (unpaired) electrons. The van der Waals surface area contributed by atoms with Gasteiger partial charge >= 0.3 is 5.97 Å². The van der Waals surface area contributed by atoms with Crippen LogP contribution in [-0.4, -0.2) is 28.5 Å². The molecule has 0 bridgehead atoms. The van der Waals surface area contributed by atoms with E-state index in [0.29, 0.717) is 44.0 Å². The summed E-state index contributed by atoms with van der Waals surface area (Å²) in [6.07, 6.45) is 1.56. The Morgan fingerprint density at radius 2 is 1.85 bits per heavy atom. The molecule has 0 aliphatic rings. The van der Waals surface area contributed by atoms with Gasteiger partial charge in [-0.15, -0.1) is 0 Å². The number of benzene rings is 3. The minimum atomic E-state index is -0.434. The van der Waals surface area contributed by atoms with Gasteiger partial charge < -0.3 is 9.47 Å². The molecule has 4 rings (SSSR count). The number of halogens is 1. The summed E-state index contributed by atoms with van der Waals surface area (Å²) in [6, 6.07) is 20.1. The van der Waals surface area contributed by atoms with Gasteiger partial charge in [0.25, 0.3) is 5.56 Å². The van der Waals surface area contributed by atoms with Gasteiger partial charge in [0, 0.05) is 12.5 Å². The van der Waals surface area contributed by atoms with Crippen LogP contribution in [0, 0.1) is 3.57 Å². The molecule has 33 heavy (non-hydrogen) atoms. The molecule has 0 saturated heterocycles. The molecule has 4 aromatic rings. The Kier molecular flexibility index (Phi) is 6.83. The Bertz CT molecular complexity index is 1410. The number of para-hydroxylation sites is 1. The van der Waals surface area contributed by atoms with E-state index in [1.807, 2.05) is 49.4 Å². The monoisotopic (exact) mass is 553 g/mol. The Morgan fingerprint density at radius 3 is 2.58 bits per heavy atom. The topological polar surface area (TPSA) is 82.8 Å². The molecular weight excluding hydrogens is 533 g/mol. The molecule has 7 nitrogen and oxygen atoms in total. The number of esters is 1. The number of rotatable bonds is 6. The van der Waals surface area contributed by atoms with E-state index < -0.39 is 5.97 Å². The molecule has 0 fully saturated rings. The normalized spacial score (nSPS) is 11.1. The minimum Gasteiger partial charge on any atom is -0.490 e. The van der Waals surface area contributed by atoms with E-state index in [9.17, 15) is 9.59 Å². The van der Waals surface area contributed by atoms with Crippen LogP contribution in [0.15, 0.2) is 76.6 Å². The maximum atomic E-state index is 13.3. The molecule has 166 valence electrons. The van der Waals surface area contributed by atoms with E-state index >= 15 is 0 Å². The fourth-order valence-electron chi connectivity index (χ4n) is 3.30. The van der Waals surface area contributed by atoms with Crippen molar-refractivity contribution in [2.24, 2.45) is 5.10 Å². The summed E-state index contributed by atoms with van der Waals surface area (Å²) in [7, 11) is 0. The van der Waals surface area contributed by atoms with Crippen molar-refractivity contribution in [2.45, 2.75) is 13.8 Å². The van der Waals surface area contributed by atoms with Gasteiger partial charge in [-0.1, -0.05) is 42.5 Å². The summed E-state index contributed by atoms with van der Waals surface area (Å²) in [4.78, 5) is 29.5. The third-order valence-electron chi connectivity index (χ3n) is 4.69. The molecule has 1 aromatic heterocycles. The predicted molar refractivity (Wildman–Crippen MR) is 136 cm³/mol. The van der Waals surface area contributed by atoms with Crippen LogP contribution in [-0.2, 0) is 4.79 Å². The fourth-order valence-corrected chi connectivity index (χ4v) is 4.03. The van der Waals surface area contributed by atoms with Gasteiger partial charge in [-0.2, -0.15) is 9.78 Å². The summed E-state index contributed by atoms with van der Waals surface area (Å²) < 4.78 is 13.0. The van der Waals surface area contributed by atoms with Crippen molar-refractivity contribution < 1.29 is 14.3 Å². The highest BCUT2D eigenvalue weighted by atomic mass is 127. The first-order valence-corrected chi connectivity index (χ1v) is 11.3. The standard InChI is InChI=1S/C25H20IN3O4/c1-3-32-22-14-17(13-20(26)23(22)33-16(2)30)15-27-29-24(18-9-5-4-6-10-18)28-21-12-8-7-11-19(21)25(29)31/h4-15H,3H2,1-2H3. The fraction of sp³-hybridized carbons (Fsp3) is 0.120. The third kappa shape index (κ3) is 4.95. The van der Waals surface area contributed by atoms with E-state index in [1.54, 1.807) is 30.5 Å². The smallest absolute Gasteiger partial charge is 0.308 e. The Labute approximate surface area is 203 Å². The highest BCUT2D eigenvalue weighted by Crippen LogP contribution is 2.34. The summed E-state index contributed by atoms with van der Waals surface area (Å²) in [5.41, 5.74) is 1.78. The number of hydrogen-bond donors (Lipinski definition) is 0. The highest BCUT2D eigenvalue weighted by Gasteiger charge is 2.15. The molecule has 0 aliphatic carbocycles. The largest absolute Gasteiger partial charge is 0.490 e. The zero-order valence-corrected chi connectivity index (χ0v) is 20.1. The first kappa shape index (κ1) is 22.7. The lowest BCUT2D eigenvalue weighted by molar-refractivity contribution is -0.132. The molecule has 0 atom stereocenters. The molecule has 3 aromatic carbocycles. The van der Waals surface area contributed by atoms with Gasteiger partial charge in [0.1, 0.15) is 0 Å². The summed E-state index contributed by atoms with van der Waals surface area (Å²) in [6.45, 7) is 3.58. The van der Waals surface area contributed by atoms with Gasteiger partial charge in [-0.05, 0) is 59.3 Å². The molecule has 0 unspecified atom stereocenters. The molecule has 0 amide bonds. The molecule has 0 aliphatic heterocycles. The molecule has 0 saturated carbocycles. The van der Waals surface area contributed by atoms with Crippen molar-refractivity contribution >= 4 is 45.7 Å². The van der Waals surface area contributed by atoms with Crippen LogP contribution in [0.2, 0.25) is 0 Å². The van der Waals surface area contributed by atoms with Gasteiger partial charge in [-0.25, -0.2) is 4.98 Å². The number of hydrogen-bond acceptors (Lipinski definition) is 6. The summed E-state index contributed by atoms with van der Waals surface area (Å²) in [5, 5.41) is 4.96. The SMILES string of the molecule is CCOc1cc(C=Nn2c(-c3ccccc3)nc3ccccc3c2=O)cc(I)c1OC(C)=O. The van der Waals surface area contributed by atoms with Crippen molar-refractivity contribution in [3.63, 3.8) is 0 Å². The van der Waals surface area contributed by atoms with Crippen molar-refractivity contribution in [3.8, 4) is 22.9 Å². The Hall–Kier alpha value is -3.53. The minimum absolute atomic E-state index is 0.271. The zero-order chi connectivity index (χ0) is 23.4. The first-order chi connectivity index (χ1) is 16.0. The van der Waals surface area contributed by atoms with Crippen molar-refractivity contribution in [1.29, 1.82) is 0 Å². The van der Waals surface area contributed by atoms with Crippen LogP contribution in [0.1, 0.15) is 19.4 Å². The average molecular weight is 553 g/mol. The van der Waals surface area contributed by atoms with Gasteiger partial charge in [0.05, 0.1) is 27.3 Å². The van der Waals surface area contributed by atoms with Crippen LogP contribution in [0.5, 0.6) is 11.5 Å². The van der Waals surface area contributed by atoms with Crippen LogP contribution in [0.3, 0.4) is 0 Å². The molecule has 0 spiro atoms. The Morgan fingerprint density at radius 1 is 1.12 bits per heavy atom. The van der Waals surface area contributed by atoms with E-state index in [0.717, 1.165) is 5.56 Å². The molecule has 0 N–H and O–H groups in total. The number of aromatic nitrogens is 2. The number of ether oxygens (including phenoxy) is 2. The van der Waals surface area contributed by atoms with Crippen LogP contribution in [0.25, 0.3) is 22.3 Å². The highest BCUT2D eigenvalue weighted by molar-refractivity contribution is 14.1. The van der Waals surface area contributed by atoms with Crippen molar-refractivity contribution in [2.75, 3.05) is 6.61 Å². The second kappa shape index (κ2) is 9.95. The van der Waals surface area contributed by atoms with E-state index in [1.165, 1.54) is 11.6 Å². The molecule has 1 heterocycles. The third-order valence-corrected chi connectivity index (χ3v) is 5.49. The van der Waals surface area contributed by atoms with Crippen molar-refractivity contribution in [1.82, 2.24) is 9.66 Å². The average Bonchev–Trinajstić information content (AvgIpc) is 2.81. The first-order valence-electron chi connectivity index (χ1n) is 10.2. The molecular formula is C25H20IN3O4. The van der Waals surface area contributed by atoms with Crippen LogP contribution >= 0.6 is 22.6 Å². The number of nitrogens with zero attached hydrogens (tertiary/aromatic N) is 3. The van der Waals surface area contributed by atoms with Gasteiger partial charge in [-0.3, -0.25) is 9.59 Å². The lowest BCUT2D eigenvalue weighted by Crippen LogP contribution is -2.20. The quantitative estimate of drug-likeness (QED) is 0.147. The Balaban J connectivity index is 1.85. The molecule has 8 heteroatoms. The number of carbonyl (C=O) groups excluding carboxylic acids is 1. The maximum Gasteiger partial charge on any atom is 0.308 e. The summed E-state index contributed by atoms with van der Waals surface area (Å²) >= 11 is 2.07.